The number of rotatable bonds is 4. The van der Waals surface area contributed by atoms with E-state index in [9.17, 15) is 15.0 Å². The molecule has 5 aliphatic rings. The molecular weight excluding hydrogens is 444 g/mol. The monoisotopic (exact) mass is 490 g/mol. The molecule has 0 aromatic heterocycles. The summed E-state index contributed by atoms with van der Waals surface area (Å²) in [6.07, 6.45) is 8.46. The smallest absolute Gasteiger partial charge is 0.303 e. The predicted molar refractivity (Wildman–Crippen MR) is 132 cm³/mol. The van der Waals surface area contributed by atoms with Gasteiger partial charge in [-0.3, -0.25) is 4.79 Å². The van der Waals surface area contributed by atoms with Gasteiger partial charge in [-0.2, -0.15) is 0 Å². The van der Waals surface area contributed by atoms with E-state index in [2.05, 4.69) is 26.5 Å². The highest BCUT2D eigenvalue weighted by atomic mass is 16.7. The zero-order valence-electron chi connectivity index (χ0n) is 22.0. The summed E-state index contributed by atoms with van der Waals surface area (Å²) in [4.78, 5) is 11.5. The van der Waals surface area contributed by atoms with Gasteiger partial charge in [0.1, 0.15) is 12.2 Å². The van der Waals surface area contributed by atoms with Gasteiger partial charge in [-0.05, 0) is 105 Å². The number of esters is 1. The third-order valence-electron chi connectivity index (χ3n) is 11.4. The average molecular weight is 491 g/mol. The van der Waals surface area contributed by atoms with Gasteiger partial charge in [0, 0.05) is 6.92 Å². The maximum absolute atomic E-state index is 11.5. The van der Waals surface area contributed by atoms with Crippen molar-refractivity contribution in [2.75, 3.05) is 0 Å². The fourth-order valence-corrected chi connectivity index (χ4v) is 9.40. The highest BCUT2D eigenvalue weighted by Crippen LogP contribution is 2.67. The highest BCUT2D eigenvalue weighted by molar-refractivity contribution is 5.66. The molecule has 1 aliphatic heterocycles. The maximum atomic E-state index is 11.5. The molecule has 6 nitrogen and oxygen atoms in total. The number of carbonyl (C=O) groups is 1. The first-order valence-corrected chi connectivity index (χ1v) is 14.0. The number of ether oxygens (including phenoxy) is 3. The Morgan fingerprint density at radius 3 is 2.43 bits per heavy atom. The van der Waals surface area contributed by atoms with E-state index in [1.165, 1.54) is 45.4 Å². The van der Waals surface area contributed by atoms with Crippen LogP contribution < -0.4 is 0 Å². The van der Waals surface area contributed by atoms with E-state index in [1.54, 1.807) is 6.92 Å². The topological polar surface area (TPSA) is 85.2 Å². The molecule has 0 amide bonds. The summed E-state index contributed by atoms with van der Waals surface area (Å²) in [5.74, 6) is 3.25. The lowest BCUT2D eigenvalue weighted by molar-refractivity contribution is -0.311. The van der Waals surface area contributed by atoms with Gasteiger partial charge in [0.15, 0.2) is 12.4 Å². The van der Waals surface area contributed by atoms with Crippen molar-refractivity contribution in [2.24, 2.45) is 40.4 Å². The normalized spacial score (nSPS) is 53.7. The minimum atomic E-state index is -1.20. The zero-order chi connectivity index (χ0) is 25.1. The summed E-state index contributed by atoms with van der Waals surface area (Å²) in [6.45, 7) is 12.3. The van der Waals surface area contributed by atoms with Crippen molar-refractivity contribution in [2.45, 2.75) is 122 Å². The van der Waals surface area contributed by atoms with Gasteiger partial charge >= 0.3 is 5.97 Å². The van der Waals surface area contributed by atoms with E-state index in [1.807, 2.05) is 0 Å². The van der Waals surface area contributed by atoms with Crippen molar-refractivity contribution in [1.82, 2.24) is 0 Å². The van der Waals surface area contributed by atoms with Crippen LogP contribution in [0.3, 0.4) is 0 Å². The van der Waals surface area contributed by atoms with Crippen LogP contribution in [0.4, 0.5) is 0 Å². The van der Waals surface area contributed by atoms with Crippen LogP contribution in [0.5, 0.6) is 0 Å². The van der Waals surface area contributed by atoms with Crippen molar-refractivity contribution >= 4 is 5.97 Å². The van der Waals surface area contributed by atoms with Crippen LogP contribution >= 0.6 is 0 Å². The average Bonchev–Trinajstić information content (AvgIpc) is 3.16. The van der Waals surface area contributed by atoms with E-state index in [0.29, 0.717) is 22.7 Å². The van der Waals surface area contributed by atoms with Crippen molar-refractivity contribution in [1.29, 1.82) is 0 Å². The fourth-order valence-electron chi connectivity index (χ4n) is 9.40. The van der Waals surface area contributed by atoms with Crippen molar-refractivity contribution in [3.05, 3.63) is 12.7 Å². The van der Waals surface area contributed by atoms with E-state index in [-0.39, 0.29) is 6.10 Å². The number of hydrogen-bond acceptors (Lipinski definition) is 6. The second-order valence-electron chi connectivity index (χ2n) is 12.9. The molecule has 0 aromatic rings. The van der Waals surface area contributed by atoms with Crippen LogP contribution in [0.15, 0.2) is 12.7 Å². The van der Waals surface area contributed by atoms with Gasteiger partial charge in [0.2, 0.25) is 0 Å². The Morgan fingerprint density at radius 2 is 1.71 bits per heavy atom. The molecule has 1 heterocycles. The third-order valence-corrected chi connectivity index (χ3v) is 11.4. The standard InChI is InChI=1S/C29H46O6/c1-6-18-8-10-22-21-9-7-19-15-20(11-13-29(19,5)23(21)12-14-28(18,22)4)35-27-25(32)26(34-17(3)30)24(31)16(2)33-27/h6,16,18-27,31-32H,1,7-15H2,2-5H3/t16-,18-,19-,20-,21-,22-,23-,24+,25-,26+,27-,28-,29-/m0/s1. The van der Waals surface area contributed by atoms with Crippen LogP contribution in [0, 0.1) is 40.4 Å². The van der Waals surface area contributed by atoms with E-state index < -0.39 is 36.7 Å². The van der Waals surface area contributed by atoms with E-state index >= 15 is 0 Å². The molecule has 0 aromatic carbocycles. The molecule has 1 saturated heterocycles. The fraction of sp³-hybridized carbons (Fsp3) is 0.897. The molecular formula is C29H46O6. The highest BCUT2D eigenvalue weighted by Gasteiger charge is 2.60. The largest absolute Gasteiger partial charge is 0.457 e. The number of aliphatic hydroxyl groups is 2. The molecule has 2 N–H and O–H groups in total. The first-order valence-electron chi connectivity index (χ1n) is 14.0. The van der Waals surface area contributed by atoms with Gasteiger partial charge in [-0.25, -0.2) is 0 Å². The minimum Gasteiger partial charge on any atom is -0.457 e. The van der Waals surface area contributed by atoms with Gasteiger partial charge in [-0.1, -0.05) is 19.9 Å². The Kier molecular flexibility index (Phi) is 6.91. The molecule has 35 heavy (non-hydrogen) atoms. The molecule has 4 saturated carbocycles. The van der Waals surface area contributed by atoms with Crippen LogP contribution in [0.1, 0.15) is 85.5 Å². The van der Waals surface area contributed by atoms with Crippen molar-refractivity contribution in [3.63, 3.8) is 0 Å². The lowest BCUT2D eigenvalue weighted by Crippen LogP contribution is -2.60. The third kappa shape index (κ3) is 4.20. The van der Waals surface area contributed by atoms with E-state index in [0.717, 1.165) is 37.0 Å². The molecule has 0 radical (unpaired) electrons. The first-order chi connectivity index (χ1) is 16.6. The van der Waals surface area contributed by atoms with Gasteiger partial charge < -0.3 is 24.4 Å². The summed E-state index contributed by atoms with van der Waals surface area (Å²) in [5.41, 5.74) is 0.798. The predicted octanol–water partition coefficient (Wildman–Crippen LogP) is 4.61. The van der Waals surface area contributed by atoms with Crippen LogP contribution in [-0.4, -0.2) is 53.0 Å². The molecule has 5 rings (SSSR count). The Bertz CT molecular complexity index is 815. The molecule has 6 heteroatoms. The first kappa shape index (κ1) is 25.7. The number of hydrogen-bond donors (Lipinski definition) is 2. The molecule has 0 bridgehead atoms. The molecule has 5 fully saturated rings. The maximum Gasteiger partial charge on any atom is 0.303 e. The van der Waals surface area contributed by atoms with Crippen LogP contribution in [0.25, 0.3) is 0 Å². The van der Waals surface area contributed by atoms with Crippen molar-refractivity contribution in [3.8, 4) is 0 Å². The Balaban J connectivity index is 1.25. The van der Waals surface area contributed by atoms with Gasteiger partial charge in [0.05, 0.1) is 12.2 Å². The summed E-state index contributed by atoms with van der Waals surface area (Å²) >= 11 is 0. The molecule has 4 aliphatic carbocycles. The van der Waals surface area contributed by atoms with E-state index in [4.69, 9.17) is 14.2 Å². The lowest BCUT2D eigenvalue weighted by atomic mass is 9.44. The summed E-state index contributed by atoms with van der Waals surface area (Å²) in [6, 6.07) is 0. The number of carbonyl (C=O) groups excluding carboxylic acids is 1. The zero-order valence-corrected chi connectivity index (χ0v) is 22.0. The number of allylic oxidation sites excluding steroid dienone is 1. The quantitative estimate of drug-likeness (QED) is 0.340. The summed E-state index contributed by atoms with van der Waals surface area (Å²) < 4.78 is 17.4. The Morgan fingerprint density at radius 1 is 1.00 bits per heavy atom. The SMILES string of the molecule is C=C[C@H]1CC[C@H]2[C@@H]3CC[C@H]4C[C@@H](O[C@@H]5O[C@@H](C)[C@@H](O)[C@@H](OC(C)=O)[C@@H]5O)CC[C@]4(C)[C@H]3CC[C@@]12C. The van der Waals surface area contributed by atoms with Crippen LogP contribution in [0.2, 0.25) is 0 Å². The molecule has 13 atom stereocenters. The number of fused-ring (bicyclic) bond motifs is 5. The Hall–Kier alpha value is -0.950. The van der Waals surface area contributed by atoms with Crippen LogP contribution in [-0.2, 0) is 19.0 Å². The Labute approximate surface area is 210 Å². The lowest BCUT2D eigenvalue weighted by Gasteiger charge is -2.61. The summed E-state index contributed by atoms with van der Waals surface area (Å²) in [7, 11) is 0. The second-order valence-corrected chi connectivity index (χ2v) is 12.9. The van der Waals surface area contributed by atoms with Gasteiger partial charge in [-0.15, -0.1) is 6.58 Å². The number of aliphatic hydroxyl groups excluding tert-OH is 2. The second kappa shape index (κ2) is 9.41. The van der Waals surface area contributed by atoms with Gasteiger partial charge in [0.25, 0.3) is 0 Å². The molecule has 0 unspecified atom stereocenters. The van der Waals surface area contributed by atoms with Crippen molar-refractivity contribution < 1.29 is 29.2 Å². The summed E-state index contributed by atoms with van der Waals surface area (Å²) in [5, 5.41) is 21.2. The molecule has 198 valence electrons. The minimum absolute atomic E-state index is 0.00943. The molecule has 0 spiro atoms.